The van der Waals surface area contributed by atoms with Crippen LogP contribution < -0.4 is 16.0 Å². The lowest BCUT2D eigenvalue weighted by atomic mass is 10.2. The van der Waals surface area contributed by atoms with E-state index >= 15 is 0 Å². The first-order chi connectivity index (χ1) is 13.9. The minimum absolute atomic E-state index is 0.107. The van der Waals surface area contributed by atoms with Crippen molar-refractivity contribution in [2.45, 2.75) is 25.8 Å². The molecule has 8 heteroatoms. The molecule has 0 saturated carbocycles. The monoisotopic (exact) mass is 398 g/mol. The number of hydrogen-bond acceptors (Lipinski definition) is 3. The third-order valence-electron chi connectivity index (χ3n) is 4.51. The van der Waals surface area contributed by atoms with Gasteiger partial charge < -0.3 is 20.9 Å². The van der Waals surface area contributed by atoms with Gasteiger partial charge in [0.15, 0.2) is 0 Å². The molecule has 0 aromatic heterocycles. The van der Waals surface area contributed by atoms with Crippen molar-refractivity contribution in [2.75, 3.05) is 23.7 Å². The Labute approximate surface area is 168 Å². The molecule has 2 aromatic carbocycles. The lowest BCUT2D eigenvalue weighted by molar-refractivity contribution is -0.127. The summed E-state index contributed by atoms with van der Waals surface area (Å²) in [5, 5.41) is 8.08. The van der Waals surface area contributed by atoms with Crippen LogP contribution in [-0.2, 0) is 4.79 Å². The summed E-state index contributed by atoms with van der Waals surface area (Å²) in [4.78, 5) is 38.0. The van der Waals surface area contributed by atoms with Crippen molar-refractivity contribution in [1.82, 2.24) is 10.2 Å². The molecule has 1 heterocycles. The van der Waals surface area contributed by atoms with Gasteiger partial charge in [-0.25, -0.2) is 9.18 Å². The molecule has 0 unspecified atom stereocenters. The molecule has 0 spiro atoms. The smallest absolute Gasteiger partial charge is 0.319 e. The Morgan fingerprint density at radius 3 is 2.52 bits per heavy atom. The zero-order valence-electron chi connectivity index (χ0n) is 16.1. The minimum atomic E-state index is -0.445. The molecule has 1 aliphatic heterocycles. The second-order valence-corrected chi connectivity index (χ2v) is 6.99. The number of anilines is 2. The highest BCUT2D eigenvalue weighted by Crippen LogP contribution is 2.15. The second-order valence-electron chi connectivity index (χ2n) is 6.99. The first kappa shape index (κ1) is 20.3. The Morgan fingerprint density at radius 1 is 1.10 bits per heavy atom. The maximum Gasteiger partial charge on any atom is 0.319 e. The molecule has 2 aromatic rings. The summed E-state index contributed by atoms with van der Waals surface area (Å²) in [5.74, 6) is -0.753. The number of halogens is 1. The fraction of sp³-hybridized carbons (Fsp3) is 0.286. The average molecular weight is 398 g/mol. The maximum atomic E-state index is 13.3. The van der Waals surface area contributed by atoms with E-state index < -0.39 is 17.8 Å². The molecule has 0 aliphatic carbocycles. The fourth-order valence-corrected chi connectivity index (χ4v) is 3.17. The number of urea groups is 1. The second kappa shape index (κ2) is 9.18. The Kier molecular flexibility index (Phi) is 6.43. The SMILES string of the molecule is C[C@@H](CN1CCCC1=O)NC(=O)Nc1cccc(C(=O)Nc2cccc(F)c2)c1. The number of hydrogen-bond donors (Lipinski definition) is 3. The molecular weight excluding hydrogens is 375 g/mol. The predicted octanol–water partition coefficient (Wildman–Crippen LogP) is 3.21. The van der Waals surface area contributed by atoms with E-state index in [2.05, 4.69) is 16.0 Å². The van der Waals surface area contributed by atoms with Crippen LogP contribution in [0.1, 0.15) is 30.1 Å². The molecule has 1 aliphatic rings. The third kappa shape index (κ3) is 5.78. The summed E-state index contributed by atoms with van der Waals surface area (Å²) < 4.78 is 13.3. The van der Waals surface area contributed by atoms with Crippen molar-refractivity contribution in [3.05, 3.63) is 59.9 Å². The summed E-state index contributed by atoms with van der Waals surface area (Å²) in [6.45, 7) is 3.01. The number of rotatable bonds is 6. The summed E-state index contributed by atoms with van der Waals surface area (Å²) in [5.41, 5.74) is 1.11. The van der Waals surface area contributed by atoms with E-state index in [1.165, 1.54) is 24.3 Å². The number of carbonyl (C=O) groups excluding carboxylic acids is 3. The fourth-order valence-electron chi connectivity index (χ4n) is 3.17. The summed E-state index contributed by atoms with van der Waals surface area (Å²) in [7, 11) is 0. The lowest BCUT2D eigenvalue weighted by Gasteiger charge is -2.21. The first-order valence-electron chi connectivity index (χ1n) is 9.43. The number of nitrogens with one attached hydrogen (secondary N) is 3. The molecule has 3 N–H and O–H groups in total. The number of benzene rings is 2. The molecule has 1 fully saturated rings. The van der Waals surface area contributed by atoms with Crippen LogP contribution in [-0.4, -0.2) is 41.9 Å². The van der Waals surface area contributed by atoms with Gasteiger partial charge in [-0.2, -0.15) is 0 Å². The van der Waals surface area contributed by atoms with E-state index in [-0.39, 0.29) is 11.9 Å². The third-order valence-corrected chi connectivity index (χ3v) is 4.51. The zero-order valence-corrected chi connectivity index (χ0v) is 16.1. The van der Waals surface area contributed by atoms with Gasteiger partial charge in [-0.3, -0.25) is 9.59 Å². The van der Waals surface area contributed by atoms with Crippen molar-refractivity contribution >= 4 is 29.2 Å². The highest BCUT2D eigenvalue weighted by Gasteiger charge is 2.22. The Balaban J connectivity index is 1.55. The minimum Gasteiger partial charge on any atom is -0.341 e. The molecule has 152 valence electrons. The van der Waals surface area contributed by atoms with Gasteiger partial charge in [-0.1, -0.05) is 12.1 Å². The van der Waals surface area contributed by atoms with Gasteiger partial charge >= 0.3 is 6.03 Å². The number of nitrogens with zero attached hydrogens (tertiary/aromatic N) is 1. The van der Waals surface area contributed by atoms with Gasteiger partial charge in [0.05, 0.1) is 0 Å². The van der Waals surface area contributed by atoms with Gasteiger partial charge in [-0.05, 0) is 49.7 Å². The van der Waals surface area contributed by atoms with Crippen molar-refractivity contribution in [3.63, 3.8) is 0 Å². The van der Waals surface area contributed by atoms with Crippen LogP contribution in [0.25, 0.3) is 0 Å². The molecule has 3 rings (SSSR count). The molecule has 0 bridgehead atoms. The molecule has 1 saturated heterocycles. The van der Waals surface area contributed by atoms with Crippen LogP contribution in [0, 0.1) is 5.82 Å². The molecule has 7 nitrogen and oxygen atoms in total. The van der Waals surface area contributed by atoms with Gasteiger partial charge in [0, 0.05) is 42.5 Å². The molecular formula is C21H23FN4O3. The maximum absolute atomic E-state index is 13.3. The predicted molar refractivity (Wildman–Crippen MR) is 108 cm³/mol. The Hall–Kier alpha value is -3.42. The summed E-state index contributed by atoms with van der Waals surface area (Å²) in [6.07, 6.45) is 1.41. The first-order valence-corrected chi connectivity index (χ1v) is 9.43. The number of amides is 4. The molecule has 1 atom stereocenters. The van der Waals surface area contributed by atoms with E-state index in [0.717, 1.165) is 13.0 Å². The quantitative estimate of drug-likeness (QED) is 0.698. The topological polar surface area (TPSA) is 90.5 Å². The van der Waals surface area contributed by atoms with E-state index in [4.69, 9.17) is 0 Å². The van der Waals surface area contributed by atoms with Crippen molar-refractivity contribution < 1.29 is 18.8 Å². The van der Waals surface area contributed by atoms with E-state index in [1.807, 2.05) is 6.92 Å². The van der Waals surface area contributed by atoms with Crippen LogP contribution in [0.4, 0.5) is 20.6 Å². The van der Waals surface area contributed by atoms with Crippen molar-refractivity contribution in [1.29, 1.82) is 0 Å². The number of likely N-dealkylation sites (tertiary alicyclic amines) is 1. The van der Waals surface area contributed by atoms with Crippen LogP contribution in [0.5, 0.6) is 0 Å². The zero-order chi connectivity index (χ0) is 20.8. The van der Waals surface area contributed by atoms with Crippen molar-refractivity contribution in [2.24, 2.45) is 0 Å². The van der Waals surface area contributed by atoms with E-state index in [9.17, 15) is 18.8 Å². The van der Waals surface area contributed by atoms with Crippen molar-refractivity contribution in [3.8, 4) is 0 Å². The van der Waals surface area contributed by atoms with Gasteiger partial charge in [0.1, 0.15) is 5.82 Å². The highest BCUT2D eigenvalue weighted by molar-refractivity contribution is 6.05. The summed E-state index contributed by atoms with van der Waals surface area (Å²) >= 11 is 0. The van der Waals surface area contributed by atoms with Crippen LogP contribution in [0.15, 0.2) is 48.5 Å². The molecule has 29 heavy (non-hydrogen) atoms. The van der Waals surface area contributed by atoms with Crippen LogP contribution >= 0.6 is 0 Å². The van der Waals surface area contributed by atoms with Crippen LogP contribution in [0.3, 0.4) is 0 Å². The normalized spacial score (nSPS) is 14.4. The van der Waals surface area contributed by atoms with Gasteiger partial charge in [0.2, 0.25) is 5.91 Å². The van der Waals surface area contributed by atoms with Crippen LogP contribution in [0.2, 0.25) is 0 Å². The number of carbonyl (C=O) groups is 3. The lowest BCUT2D eigenvalue weighted by Crippen LogP contribution is -2.44. The standard InChI is InChI=1S/C21H23FN4O3/c1-14(13-26-10-4-9-19(26)27)23-21(29)25-17-7-2-5-15(11-17)20(28)24-18-8-3-6-16(22)12-18/h2-3,5-8,11-12,14H,4,9-10,13H2,1H3,(H,24,28)(H2,23,25,29)/t14-/m0/s1. The highest BCUT2D eigenvalue weighted by atomic mass is 19.1. The average Bonchev–Trinajstić information content (AvgIpc) is 3.06. The Bertz CT molecular complexity index is 918. The van der Waals surface area contributed by atoms with E-state index in [1.54, 1.807) is 29.2 Å². The van der Waals surface area contributed by atoms with Gasteiger partial charge in [-0.15, -0.1) is 0 Å². The van der Waals surface area contributed by atoms with Gasteiger partial charge in [0.25, 0.3) is 5.91 Å². The molecule has 4 amide bonds. The molecule has 0 radical (unpaired) electrons. The summed E-state index contributed by atoms with van der Waals surface area (Å²) in [6, 6.07) is 11.4. The Morgan fingerprint density at radius 2 is 1.83 bits per heavy atom. The van der Waals surface area contributed by atoms with E-state index in [0.29, 0.717) is 29.9 Å². The largest absolute Gasteiger partial charge is 0.341 e.